The van der Waals surface area contributed by atoms with Crippen LogP contribution in [0.2, 0.25) is 0 Å². The third kappa shape index (κ3) is 3.94. The van der Waals surface area contributed by atoms with E-state index in [2.05, 4.69) is 24.5 Å². The van der Waals surface area contributed by atoms with Gasteiger partial charge in [0.1, 0.15) is 5.75 Å². The number of benzene rings is 1. The fraction of sp³-hybridized carbons (Fsp3) is 0.600. The van der Waals surface area contributed by atoms with Crippen LogP contribution in [0, 0.1) is 11.8 Å². The SMILES string of the molecule is CNC(=O)[C@H]1CN(CC(=O)N[C@@H]2CCC[C@H](C)[C@H]2C)c2ccccc2O1. The molecule has 2 aliphatic rings. The van der Waals surface area contributed by atoms with E-state index in [-0.39, 0.29) is 24.4 Å². The lowest BCUT2D eigenvalue weighted by atomic mass is 9.78. The smallest absolute Gasteiger partial charge is 0.262 e. The summed E-state index contributed by atoms with van der Waals surface area (Å²) >= 11 is 0. The van der Waals surface area contributed by atoms with E-state index in [1.165, 1.54) is 6.42 Å². The Labute approximate surface area is 155 Å². The molecule has 0 bridgehead atoms. The van der Waals surface area contributed by atoms with Crippen LogP contribution in [0.5, 0.6) is 5.75 Å². The summed E-state index contributed by atoms with van der Waals surface area (Å²) in [6.07, 6.45) is 2.82. The molecule has 0 saturated heterocycles. The van der Waals surface area contributed by atoms with Crippen LogP contribution in [-0.4, -0.2) is 44.1 Å². The standard InChI is InChI=1S/C20H29N3O3/c1-13-7-6-8-15(14(13)2)22-19(24)12-23-11-18(20(25)21-3)26-17-10-5-4-9-16(17)23/h4-5,9-10,13-15,18H,6-8,11-12H2,1-3H3,(H,21,25)(H,22,24)/t13-,14+,15+,18+/m0/s1. The van der Waals surface area contributed by atoms with Gasteiger partial charge in [0.05, 0.1) is 18.8 Å². The fourth-order valence-electron chi connectivity index (χ4n) is 3.97. The highest BCUT2D eigenvalue weighted by Gasteiger charge is 2.32. The minimum absolute atomic E-state index is 0.00306. The van der Waals surface area contributed by atoms with Crippen LogP contribution in [0.15, 0.2) is 24.3 Å². The van der Waals surface area contributed by atoms with Crippen LogP contribution in [-0.2, 0) is 9.59 Å². The molecule has 1 aromatic carbocycles. The molecule has 2 amide bonds. The highest BCUT2D eigenvalue weighted by atomic mass is 16.5. The summed E-state index contributed by atoms with van der Waals surface area (Å²) in [6.45, 7) is 5.07. The number of nitrogens with zero attached hydrogens (tertiary/aromatic N) is 1. The van der Waals surface area contributed by atoms with Crippen molar-refractivity contribution in [2.45, 2.75) is 45.3 Å². The van der Waals surface area contributed by atoms with Crippen LogP contribution in [0.25, 0.3) is 0 Å². The Morgan fingerprint density at radius 3 is 2.77 bits per heavy atom. The van der Waals surface area contributed by atoms with E-state index in [0.29, 0.717) is 24.1 Å². The Bertz CT molecular complexity index is 663. The molecule has 6 heteroatoms. The highest BCUT2D eigenvalue weighted by molar-refractivity contribution is 5.86. The number of hydrogen-bond acceptors (Lipinski definition) is 4. The van der Waals surface area contributed by atoms with Crippen molar-refractivity contribution >= 4 is 17.5 Å². The molecule has 1 aromatic rings. The maximum Gasteiger partial charge on any atom is 0.262 e. The number of para-hydroxylation sites is 2. The number of fused-ring (bicyclic) bond motifs is 1. The molecular formula is C20H29N3O3. The average Bonchev–Trinajstić information content (AvgIpc) is 2.64. The summed E-state index contributed by atoms with van der Waals surface area (Å²) < 4.78 is 5.79. The normalized spacial score (nSPS) is 27.9. The first kappa shape index (κ1) is 18.5. The maximum atomic E-state index is 12.7. The topological polar surface area (TPSA) is 70.7 Å². The lowest BCUT2D eigenvalue weighted by Gasteiger charge is -2.37. The van der Waals surface area contributed by atoms with E-state index < -0.39 is 6.10 Å². The van der Waals surface area contributed by atoms with Crippen LogP contribution in [0.1, 0.15) is 33.1 Å². The quantitative estimate of drug-likeness (QED) is 0.862. The van der Waals surface area contributed by atoms with E-state index in [1.54, 1.807) is 7.05 Å². The van der Waals surface area contributed by atoms with E-state index >= 15 is 0 Å². The van der Waals surface area contributed by atoms with E-state index in [1.807, 2.05) is 29.2 Å². The molecule has 1 aliphatic carbocycles. The molecule has 1 aliphatic heterocycles. The van der Waals surface area contributed by atoms with Crippen LogP contribution < -0.4 is 20.3 Å². The van der Waals surface area contributed by atoms with Gasteiger partial charge in [-0.05, 0) is 30.4 Å². The summed E-state index contributed by atoms with van der Waals surface area (Å²) in [5.74, 6) is 1.59. The summed E-state index contributed by atoms with van der Waals surface area (Å²) in [5.41, 5.74) is 0.855. The van der Waals surface area contributed by atoms with Gasteiger partial charge in [0.15, 0.2) is 6.10 Å². The predicted molar refractivity (Wildman–Crippen MR) is 101 cm³/mol. The number of hydrogen-bond donors (Lipinski definition) is 2. The molecule has 0 unspecified atom stereocenters. The zero-order chi connectivity index (χ0) is 18.7. The van der Waals surface area contributed by atoms with Gasteiger partial charge in [-0.2, -0.15) is 0 Å². The number of rotatable bonds is 4. The molecule has 0 aromatic heterocycles. The molecule has 2 N–H and O–H groups in total. The molecule has 0 radical (unpaired) electrons. The monoisotopic (exact) mass is 359 g/mol. The van der Waals surface area contributed by atoms with Gasteiger partial charge in [0.25, 0.3) is 5.91 Å². The van der Waals surface area contributed by atoms with E-state index in [4.69, 9.17) is 4.74 Å². The first-order chi connectivity index (χ1) is 12.5. The molecule has 1 heterocycles. The van der Waals surface area contributed by atoms with E-state index in [9.17, 15) is 9.59 Å². The molecule has 26 heavy (non-hydrogen) atoms. The predicted octanol–water partition coefficient (Wildman–Crippen LogP) is 1.94. The van der Waals surface area contributed by atoms with Crippen molar-refractivity contribution in [3.63, 3.8) is 0 Å². The van der Waals surface area contributed by atoms with Crippen molar-refractivity contribution in [3.05, 3.63) is 24.3 Å². The van der Waals surface area contributed by atoms with E-state index in [0.717, 1.165) is 18.5 Å². The number of likely N-dealkylation sites (N-methyl/N-ethyl adjacent to an activating group) is 1. The average molecular weight is 359 g/mol. The van der Waals surface area contributed by atoms with Gasteiger partial charge in [0, 0.05) is 13.1 Å². The molecule has 1 fully saturated rings. The van der Waals surface area contributed by atoms with Crippen molar-refractivity contribution in [1.82, 2.24) is 10.6 Å². The highest BCUT2D eigenvalue weighted by Crippen LogP contribution is 2.33. The number of ether oxygens (including phenoxy) is 1. The molecule has 3 rings (SSSR count). The van der Waals surface area contributed by atoms with Crippen LogP contribution in [0.4, 0.5) is 5.69 Å². The minimum Gasteiger partial charge on any atom is -0.477 e. The van der Waals surface area contributed by atoms with Gasteiger partial charge in [-0.3, -0.25) is 9.59 Å². The number of amides is 2. The first-order valence-corrected chi connectivity index (χ1v) is 9.51. The third-order valence-electron chi connectivity index (χ3n) is 5.79. The number of anilines is 1. The van der Waals surface area contributed by atoms with Crippen molar-refractivity contribution in [2.75, 3.05) is 25.0 Å². The Morgan fingerprint density at radius 1 is 1.23 bits per heavy atom. The minimum atomic E-state index is -0.615. The van der Waals surface area contributed by atoms with Crippen molar-refractivity contribution in [1.29, 1.82) is 0 Å². The zero-order valence-electron chi connectivity index (χ0n) is 15.8. The number of carbonyl (C=O) groups excluding carboxylic acids is 2. The largest absolute Gasteiger partial charge is 0.477 e. The molecular weight excluding hydrogens is 330 g/mol. The Balaban J connectivity index is 1.69. The van der Waals surface area contributed by atoms with Crippen molar-refractivity contribution in [3.8, 4) is 5.75 Å². The van der Waals surface area contributed by atoms with Crippen molar-refractivity contribution in [2.24, 2.45) is 11.8 Å². The zero-order valence-corrected chi connectivity index (χ0v) is 15.8. The van der Waals surface area contributed by atoms with Gasteiger partial charge in [-0.1, -0.05) is 38.8 Å². The van der Waals surface area contributed by atoms with Gasteiger partial charge in [-0.15, -0.1) is 0 Å². The maximum absolute atomic E-state index is 12.7. The second-order valence-electron chi connectivity index (χ2n) is 7.51. The fourth-order valence-corrected chi connectivity index (χ4v) is 3.97. The van der Waals surface area contributed by atoms with Crippen LogP contribution in [0.3, 0.4) is 0 Å². The van der Waals surface area contributed by atoms with Gasteiger partial charge in [0.2, 0.25) is 5.91 Å². The second kappa shape index (κ2) is 7.98. The Hall–Kier alpha value is -2.24. The van der Waals surface area contributed by atoms with Crippen LogP contribution >= 0.6 is 0 Å². The molecule has 4 atom stereocenters. The third-order valence-corrected chi connectivity index (χ3v) is 5.79. The first-order valence-electron chi connectivity index (χ1n) is 9.51. The Kier molecular flexibility index (Phi) is 5.69. The summed E-state index contributed by atoms with van der Waals surface area (Å²) in [6, 6.07) is 7.78. The molecule has 6 nitrogen and oxygen atoms in total. The number of carbonyl (C=O) groups is 2. The summed E-state index contributed by atoms with van der Waals surface area (Å²) in [5, 5.41) is 5.84. The lowest BCUT2D eigenvalue weighted by Crippen LogP contribution is -2.52. The lowest BCUT2D eigenvalue weighted by molar-refractivity contribution is -0.128. The second-order valence-corrected chi connectivity index (χ2v) is 7.51. The van der Waals surface area contributed by atoms with Gasteiger partial charge in [-0.25, -0.2) is 0 Å². The van der Waals surface area contributed by atoms with Gasteiger partial charge < -0.3 is 20.3 Å². The summed E-state index contributed by atoms with van der Waals surface area (Å²) in [7, 11) is 1.59. The molecule has 0 spiro atoms. The van der Waals surface area contributed by atoms with Gasteiger partial charge >= 0.3 is 0 Å². The number of nitrogens with one attached hydrogen (secondary N) is 2. The Morgan fingerprint density at radius 2 is 2.00 bits per heavy atom. The summed E-state index contributed by atoms with van der Waals surface area (Å²) in [4.78, 5) is 26.7. The van der Waals surface area contributed by atoms with Crippen molar-refractivity contribution < 1.29 is 14.3 Å². The molecule has 142 valence electrons. The molecule has 1 saturated carbocycles.